The lowest BCUT2D eigenvalue weighted by molar-refractivity contribution is 0.114. The summed E-state index contributed by atoms with van der Waals surface area (Å²) in [5, 5.41) is 0. The van der Waals surface area contributed by atoms with Crippen molar-refractivity contribution >= 4 is 6.08 Å². The molecule has 5 heteroatoms. The monoisotopic (exact) mass is 274 g/mol. The van der Waals surface area contributed by atoms with Crippen LogP contribution in [0.3, 0.4) is 0 Å². The molecule has 1 aromatic carbocycles. The number of nitrogens with two attached hydrogens (primary N) is 1. The van der Waals surface area contributed by atoms with Crippen molar-refractivity contribution in [2.24, 2.45) is 5.73 Å². The van der Waals surface area contributed by atoms with Crippen LogP contribution in [0.2, 0.25) is 0 Å². The van der Waals surface area contributed by atoms with Crippen LogP contribution in [-0.4, -0.2) is 43.5 Å². The standard InChI is InChI=1S/C15H18N2O3/c16-6-8-17-7-5-15(9-17)4-3-11-1-2-12-14(13(11)20-15)19-10-18-12/h1-4H,5-10,16H2. The molecule has 1 fully saturated rings. The zero-order chi connectivity index (χ0) is 13.6. The Balaban J connectivity index is 1.65. The second-order valence-corrected chi connectivity index (χ2v) is 5.53. The molecule has 0 amide bonds. The molecule has 0 saturated carbocycles. The Kier molecular flexibility index (Phi) is 2.65. The van der Waals surface area contributed by atoms with E-state index < -0.39 is 0 Å². The van der Waals surface area contributed by atoms with Gasteiger partial charge in [-0.25, -0.2) is 0 Å². The fourth-order valence-electron chi connectivity index (χ4n) is 3.15. The summed E-state index contributed by atoms with van der Waals surface area (Å²) in [6.45, 7) is 3.76. The van der Waals surface area contributed by atoms with Gasteiger partial charge >= 0.3 is 0 Å². The first-order chi connectivity index (χ1) is 9.80. The highest BCUT2D eigenvalue weighted by atomic mass is 16.7. The second kappa shape index (κ2) is 4.40. The summed E-state index contributed by atoms with van der Waals surface area (Å²) < 4.78 is 17.3. The summed E-state index contributed by atoms with van der Waals surface area (Å²) in [5.74, 6) is 2.33. The molecule has 1 aromatic rings. The van der Waals surface area contributed by atoms with Crippen LogP contribution in [0.1, 0.15) is 12.0 Å². The van der Waals surface area contributed by atoms with E-state index in [1.807, 2.05) is 12.1 Å². The minimum Gasteiger partial charge on any atom is -0.477 e. The van der Waals surface area contributed by atoms with Crippen LogP contribution in [0.4, 0.5) is 0 Å². The molecule has 0 aromatic heterocycles. The van der Waals surface area contributed by atoms with Crippen LogP contribution in [0.15, 0.2) is 18.2 Å². The molecular formula is C15H18N2O3. The summed E-state index contributed by atoms with van der Waals surface area (Å²) >= 11 is 0. The molecule has 20 heavy (non-hydrogen) atoms. The van der Waals surface area contributed by atoms with E-state index in [4.69, 9.17) is 19.9 Å². The minimum absolute atomic E-state index is 0.247. The van der Waals surface area contributed by atoms with Crippen LogP contribution in [0.25, 0.3) is 6.08 Å². The number of ether oxygens (including phenoxy) is 3. The van der Waals surface area contributed by atoms with Crippen molar-refractivity contribution in [3.8, 4) is 17.2 Å². The predicted octanol–water partition coefficient (Wildman–Crippen LogP) is 1.22. The third-order valence-electron chi connectivity index (χ3n) is 4.18. The molecule has 1 atom stereocenters. The topological polar surface area (TPSA) is 57.0 Å². The Bertz CT molecular complexity index is 572. The van der Waals surface area contributed by atoms with Gasteiger partial charge in [-0.15, -0.1) is 0 Å². The quantitative estimate of drug-likeness (QED) is 0.879. The van der Waals surface area contributed by atoms with Crippen LogP contribution in [0, 0.1) is 0 Å². The Morgan fingerprint density at radius 1 is 1.25 bits per heavy atom. The lowest BCUT2D eigenvalue weighted by Crippen LogP contribution is -2.39. The third-order valence-corrected chi connectivity index (χ3v) is 4.18. The molecule has 3 aliphatic heterocycles. The molecule has 1 unspecified atom stereocenters. The molecule has 3 aliphatic rings. The van der Waals surface area contributed by atoms with E-state index in [9.17, 15) is 0 Å². The number of hydrogen-bond acceptors (Lipinski definition) is 5. The normalized spacial score (nSPS) is 26.9. The van der Waals surface area contributed by atoms with Crippen molar-refractivity contribution in [2.45, 2.75) is 12.0 Å². The van der Waals surface area contributed by atoms with Gasteiger partial charge in [-0.05, 0) is 18.2 Å². The van der Waals surface area contributed by atoms with E-state index in [0.29, 0.717) is 6.54 Å². The highest BCUT2D eigenvalue weighted by molar-refractivity contribution is 5.69. The van der Waals surface area contributed by atoms with E-state index >= 15 is 0 Å². The third kappa shape index (κ3) is 1.77. The molecule has 1 saturated heterocycles. The maximum Gasteiger partial charge on any atom is 0.231 e. The maximum absolute atomic E-state index is 6.33. The van der Waals surface area contributed by atoms with Crippen molar-refractivity contribution in [1.29, 1.82) is 0 Å². The number of fused-ring (bicyclic) bond motifs is 3. The molecule has 5 nitrogen and oxygen atoms in total. The average molecular weight is 274 g/mol. The minimum atomic E-state index is -0.247. The van der Waals surface area contributed by atoms with Crippen molar-refractivity contribution < 1.29 is 14.2 Å². The molecule has 0 bridgehead atoms. The maximum atomic E-state index is 6.33. The van der Waals surface area contributed by atoms with Gasteiger partial charge in [0.2, 0.25) is 12.5 Å². The highest BCUT2D eigenvalue weighted by Gasteiger charge is 2.41. The van der Waals surface area contributed by atoms with Crippen LogP contribution in [-0.2, 0) is 0 Å². The first-order valence-electron chi connectivity index (χ1n) is 7.03. The number of hydrogen-bond donors (Lipinski definition) is 1. The van der Waals surface area contributed by atoms with E-state index in [1.165, 1.54) is 0 Å². The second-order valence-electron chi connectivity index (χ2n) is 5.53. The van der Waals surface area contributed by atoms with Gasteiger partial charge in [-0.2, -0.15) is 0 Å². The van der Waals surface area contributed by atoms with Gasteiger partial charge < -0.3 is 19.9 Å². The van der Waals surface area contributed by atoms with Crippen molar-refractivity contribution in [2.75, 3.05) is 33.0 Å². The lowest BCUT2D eigenvalue weighted by atomic mass is 9.97. The van der Waals surface area contributed by atoms with Crippen LogP contribution < -0.4 is 19.9 Å². The van der Waals surface area contributed by atoms with E-state index in [2.05, 4.69) is 17.1 Å². The smallest absolute Gasteiger partial charge is 0.231 e. The number of rotatable bonds is 2. The zero-order valence-electron chi connectivity index (χ0n) is 11.3. The molecule has 106 valence electrons. The van der Waals surface area contributed by atoms with E-state index in [-0.39, 0.29) is 12.4 Å². The average Bonchev–Trinajstić information content (AvgIpc) is 3.07. The Hall–Kier alpha value is -1.72. The van der Waals surface area contributed by atoms with Crippen molar-refractivity contribution in [3.63, 3.8) is 0 Å². The molecule has 2 N–H and O–H groups in total. The van der Waals surface area contributed by atoms with Gasteiger partial charge in [0.1, 0.15) is 5.60 Å². The Labute approximate surface area is 117 Å². The fraction of sp³-hybridized carbons (Fsp3) is 0.467. The van der Waals surface area contributed by atoms with Gasteiger partial charge in [-0.3, -0.25) is 4.90 Å². The highest BCUT2D eigenvalue weighted by Crippen LogP contribution is 2.48. The number of nitrogens with zero attached hydrogens (tertiary/aromatic N) is 1. The molecule has 0 radical (unpaired) electrons. The molecule has 3 heterocycles. The van der Waals surface area contributed by atoms with Crippen LogP contribution >= 0.6 is 0 Å². The number of likely N-dealkylation sites (tertiary alicyclic amines) is 1. The lowest BCUT2D eigenvalue weighted by Gasteiger charge is -2.32. The van der Waals surface area contributed by atoms with Crippen molar-refractivity contribution in [1.82, 2.24) is 4.90 Å². The largest absolute Gasteiger partial charge is 0.477 e. The van der Waals surface area contributed by atoms with Gasteiger partial charge in [0.05, 0.1) is 0 Å². The van der Waals surface area contributed by atoms with Crippen LogP contribution in [0.5, 0.6) is 17.2 Å². The van der Waals surface area contributed by atoms with Gasteiger partial charge in [-0.1, -0.05) is 6.08 Å². The Morgan fingerprint density at radius 3 is 3.10 bits per heavy atom. The van der Waals surface area contributed by atoms with Gasteiger partial charge in [0, 0.05) is 38.2 Å². The van der Waals surface area contributed by atoms with E-state index in [1.54, 1.807) is 0 Å². The number of benzene rings is 1. The zero-order valence-corrected chi connectivity index (χ0v) is 11.3. The van der Waals surface area contributed by atoms with Crippen molar-refractivity contribution in [3.05, 3.63) is 23.8 Å². The molecule has 0 aliphatic carbocycles. The molecular weight excluding hydrogens is 256 g/mol. The first kappa shape index (κ1) is 12.1. The Morgan fingerprint density at radius 2 is 2.20 bits per heavy atom. The van der Waals surface area contributed by atoms with E-state index in [0.717, 1.165) is 48.9 Å². The molecule has 4 rings (SSSR count). The predicted molar refractivity (Wildman–Crippen MR) is 75.1 cm³/mol. The fourth-order valence-corrected chi connectivity index (χ4v) is 3.15. The summed E-state index contributed by atoms with van der Waals surface area (Å²) in [6.07, 6.45) is 5.29. The first-order valence-corrected chi connectivity index (χ1v) is 7.03. The SMILES string of the molecule is NCCN1CCC2(C=Cc3ccc4c(c3O2)OCO4)C1. The summed E-state index contributed by atoms with van der Waals surface area (Å²) in [7, 11) is 0. The molecule has 1 spiro atoms. The summed E-state index contributed by atoms with van der Waals surface area (Å²) in [4.78, 5) is 2.34. The van der Waals surface area contributed by atoms with Gasteiger partial charge in [0.15, 0.2) is 11.5 Å². The summed E-state index contributed by atoms with van der Waals surface area (Å²) in [6, 6.07) is 3.95. The van der Waals surface area contributed by atoms with Gasteiger partial charge in [0.25, 0.3) is 0 Å². The summed E-state index contributed by atoms with van der Waals surface area (Å²) in [5.41, 5.74) is 6.45.